The Hall–Kier alpha value is -3.18. The lowest BCUT2D eigenvalue weighted by molar-refractivity contribution is -0.0568. The highest BCUT2D eigenvalue weighted by Crippen LogP contribution is 2.44. The smallest absolute Gasteiger partial charge is 0.338 e. The molecule has 1 unspecified atom stereocenters. The number of piperidine rings is 3. The van der Waals surface area contributed by atoms with Crippen LogP contribution in [0.4, 0.5) is 0 Å². The van der Waals surface area contributed by atoms with E-state index >= 15 is 0 Å². The fraction of sp³-hybridized carbons (Fsp3) is 0.419. The molecule has 6 rings (SSSR count). The summed E-state index contributed by atoms with van der Waals surface area (Å²) in [5.41, 5.74) is 3.63. The van der Waals surface area contributed by atoms with Crippen molar-refractivity contribution in [3.05, 3.63) is 84.1 Å². The zero-order valence-corrected chi connectivity index (χ0v) is 21.7. The highest BCUT2D eigenvalue weighted by molar-refractivity contribution is 5.90. The van der Waals surface area contributed by atoms with E-state index in [1.807, 2.05) is 54.7 Å². The first-order valence-corrected chi connectivity index (χ1v) is 12.9. The van der Waals surface area contributed by atoms with E-state index in [9.17, 15) is 4.79 Å². The summed E-state index contributed by atoms with van der Waals surface area (Å²) in [5.74, 6) is 1.52. The van der Waals surface area contributed by atoms with Crippen LogP contribution in [0.2, 0.25) is 0 Å². The number of benzene rings is 2. The molecule has 5 nitrogen and oxygen atoms in total. The second-order valence-corrected chi connectivity index (χ2v) is 11.2. The summed E-state index contributed by atoms with van der Waals surface area (Å²) in [5, 5.41) is 0.959. The topological polar surface area (TPSA) is 51.7 Å². The number of ether oxygens (including phenoxy) is 2. The quantitative estimate of drug-likeness (QED) is 0.302. The van der Waals surface area contributed by atoms with Crippen molar-refractivity contribution in [3.63, 3.8) is 0 Å². The van der Waals surface area contributed by atoms with Crippen LogP contribution in [0.1, 0.15) is 61.2 Å². The van der Waals surface area contributed by atoms with Gasteiger partial charge in [0.15, 0.2) is 0 Å². The molecule has 3 aliphatic heterocycles. The molecule has 0 amide bonds. The Bertz CT molecular complexity index is 1260. The molecule has 0 radical (unpaired) electrons. The van der Waals surface area contributed by atoms with Crippen LogP contribution in [-0.2, 0) is 10.2 Å². The first-order chi connectivity index (χ1) is 17.3. The number of pyridine rings is 1. The van der Waals surface area contributed by atoms with E-state index in [1.165, 1.54) is 5.56 Å². The zero-order chi connectivity index (χ0) is 25.4. The van der Waals surface area contributed by atoms with Crippen LogP contribution in [0.3, 0.4) is 0 Å². The summed E-state index contributed by atoms with van der Waals surface area (Å²) in [4.78, 5) is 20.6. The fourth-order valence-corrected chi connectivity index (χ4v) is 5.85. The molecule has 2 aromatic carbocycles. The van der Waals surface area contributed by atoms with Gasteiger partial charge in [0, 0.05) is 23.7 Å². The predicted octanol–water partition coefficient (Wildman–Crippen LogP) is 6.34. The molecular weight excluding hydrogens is 448 g/mol. The monoisotopic (exact) mass is 484 g/mol. The molecule has 5 atom stereocenters. The van der Waals surface area contributed by atoms with Crippen molar-refractivity contribution in [3.8, 4) is 5.75 Å². The van der Waals surface area contributed by atoms with Crippen LogP contribution in [0.5, 0.6) is 5.75 Å². The molecule has 0 spiro atoms. The van der Waals surface area contributed by atoms with Gasteiger partial charge in [0.2, 0.25) is 0 Å². The molecule has 188 valence electrons. The zero-order valence-electron chi connectivity index (χ0n) is 21.7. The number of hydrogen-bond acceptors (Lipinski definition) is 5. The summed E-state index contributed by atoms with van der Waals surface area (Å²) in [7, 11) is 1.66. The molecule has 5 heteroatoms. The third kappa shape index (κ3) is 4.64. The van der Waals surface area contributed by atoms with Crippen molar-refractivity contribution in [1.82, 2.24) is 9.88 Å². The second kappa shape index (κ2) is 9.70. The minimum absolute atomic E-state index is 0.0241. The number of carbonyl (C=O) groups excluding carboxylic acids is 1. The van der Waals surface area contributed by atoms with Gasteiger partial charge in [0.1, 0.15) is 11.9 Å². The van der Waals surface area contributed by atoms with Gasteiger partial charge in [-0.1, -0.05) is 39.0 Å². The van der Waals surface area contributed by atoms with Crippen LogP contribution >= 0.6 is 0 Å². The minimum atomic E-state index is -0.411. The highest BCUT2D eigenvalue weighted by atomic mass is 16.5. The normalized spacial score (nSPS) is 24.3. The van der Waals surface area contributed by atoms with E-state index < -0.39 is 6.10 Å². The average molecular weight is 485 g/mol. The number of fused-ring (bicyclic) bond motifs is 4. The lowest BCUT2D eigenvalue weighted by atomic mass is 9.73. The Balaban J connectivity index is 1.53. The fourth-order valence-electron chi connectivity index (χ4n) is 5.85. The molecular formula is C31H36N2O3. The molecule has 0 N–H and O–H groups in total. The van der Waals surface area contributed by atoms with Crippen molar-refractivity contribution in [2.75, 3.05) is 20.2 Å². The molecule has 4 heterocycles. The van der Waals surface area contributed by atoms with Crippen LogP contribution in [0, 0.1) is 11.8 Å². The van der Waals surface area contributed by atoms with Crippen molar-refractivity contribution >= 4 is 16.9 Å². The lowest BCUT2D eigenvalue weighted by Crippen LogP contribution is -2.55. The summed E-state index contributed by atoms with van der Waals surface area (Å²) >= 11 is 0. The number of carbonyl (C=O) groups is 1. The molecule has 3 aromatic rings. The van der Waals surface area contributed by atoms with Gasteiger partial charge in [0.05, 0.1) is 24.2 Å². The molecule has 36 heavy (non-hydrogen) atoms. The third-order valence-corrected chi connectivity index (χ3v) is 8.01. The summed E-state index contributed by atoms with van der Waals surface area (Å²) < 4.78 is 11.9. The Labute approximate surface area is 214 Å². The number of rotatable bonds is 6. The second-order valence-electron chi connectivity index (χ2n) is 11.2. The van der Waals surface area contributed by atoms with Crippen LogP contribution in [-0.4, -0.2) is 42.1 Å². The van der Waals surface area contributed by atoms with Gasteiger partial charge in [-0.15, -0.1) is 6.58 Å². The first-order valence-electron chi connectivity index (χ1n) is 12.9. The molecule has 2 bridgehead atoms. The predicted molar refractivity (Wildman–Crippen MR) is 143 cm³/mol. The number of nitrogens with zero attached hydrogens (tertiary/aromatic N) is 2. The molecule has 3 saturated heterocycles. The van der Waals surface area contributed by atoms with Gasteiger partial charge in [-0.05, 0) is 78.6 Å². The molecule has 0 aliphatic carbocycles. The first kappa shape index (κ1) is 24.5. The van der Waals surface area contributed by atoms with Gasteiger partial charge in [0.25, 0.3) is 0 Å². The Kier molecular flexibility index (Phi) is 6.60. The maximum absolute atomic E-state index is 13.5. The van der Waals surface area contributed by atoms with E-state index in [2.05, 4.69) is 43.3 Å². The SMILES string of the molecule is C=C[C@H]1CN2CC[C@H]1C[C@H]2[C@@H](OC(=O)c1ccc(C(C)(C)C)cc1)c1ccnc2ccc(OC)cc12. The van der Waals surface area contributed by atoms with Gasteiger partial charge in [-0.2, -0.15) is 0 Å². The van der Waals surface area contributed by atoms with E-state index in [1.54, 1.807) is 7.11 Å². The highest BCUT2D eigenvalue weighted by Gasteiger charge is 2.44. The lowest BCUT2D eigenvalue weighted by Gasteiger charge is -2.51. The maximum Gasteiger partial charge on any atom is 0.338 e. The summed E-state index contributed by atoms with van der Waals surface area (Å²) in [6.45, 7) is 12.5. The third-order valence-electron chi connectivity index (χ3n) is 8.01. The summed E-state index contributed by atoms with van der Waals surface area (Å²) in [6.07, 6.45) is 5.63. The van der Waals surface area contributed by atoms with Crippen molar-refractivity contribution in [2.45, 2.75) is 51.2 Å². The van der Waals surface area contributed by atoms with Crippen molar-refractivity contribution in [2.24, 2.45) is 11.8 Å². The van der Waals surface area contributed by atoms with E-state index in [0.29, 0.717) is 17.4 Å². The molecule has 0 saturated carbocycles. The average Bonchev–Trinajstić information content (AvgIpc) is 2.90. The van der Waals surface area contributed by atoms with Crippen molar-refractivity contribution < 1.29 is 14.3 Å². The molecule has 3 aliphatic rings. The Morgan fingerprint density at radius 2 is 1.94 bits per heavy atom. The number of aromatic nitrogens is 1. The van der Waals surface area contributed by atoms with Crippen LogP contribution < -0.4 is 4.74 Å². The minimum Gasteiger partial charge on any atom is -0.497 e. The standard InChI is InChI=1S/C31H36N2O3/c1-6-20-19-33-16-14-22(20)17-28(33)29(25-13-15-32-27-12-11-24(35-5)18-26(25)27)36-30(34)21-7-9-23(10-8-21)31(2,3)4/h6-13,15,18,20,22,28-29H,1,14,16-17,19H2,2-5H3/t20-,22-,28-,29-/m0/s1. The Morgan fingerprint density at radius 1 is 1.17 bits per heavy atom. The van der Waals surface area contributed by atoms with E-state index in [-0.39, 0.29) is 17.4 Å². The molecule has 3 fully saturated rings. The van der Waals surface area contributed by atoms with Gasteiger partial charge in [-0.3, -0.25) is 9.88 Å². The van der Waals surface area contributed by atoms with Gasteiger partial charge >= 0.3 is 5.97 Å². The number of esters is 1. The van der Waals surface area contributed by atoms with E-state index in [4.69, 9.17) is 9.47 Å². The van der Waals surface area contributed by atoms with Gasteiger partial charge < -0.3 is 9.47 Å². The van der Waals surface area contributed by atoms with E-state index in [0.717, 1.165) is 48.1 Å². The maximum atomic E-state index is 13.5. The number of methoxy groups -OCH3 is 1. The van der Waals surface area contributed by atoms with Crippen LogP contribution in [0.15, 0.2) is 67.4 Å². The van der Waals surface area contributed by atoms with Crippen molar-refractivity contribution in [1.29, 1.82) is 0 Å². The summed E-state index contributed by atoms with van der Waals surface area (Å²) in [6, 6.07) is 15.8. The van der Waals surface area contributed by atoms with Gasteiger partial charge in [-0.25, -0.2) is 4.79 Å². The largest absolute Gasteiger partial charge is 0.497 e. The Morgan fingerprint density at radius 3 is 2.58 bits per heavy atom. The number of hydrogen-bond donors (Lipinski definition) is 0. The van der Waals surface area contributed by atoms with Crippen LogP contribution in [0.25, 0.3) is 10.9 Å². The molecule has 1 aromatic heterocycles.